The van der Waals surface area contributed by atoms with Crippen molar-refractivity contribution in [3.63, 3.8) is 0 Å². The molecular formula is C49H74N18O8S. The molecule has 6 amide bonds. The summed E-state index contributed by atoms with van der Waals surface area (Å²) in [5, 5.41) is 27.5. The summed E-state index contributed by atoms with van der Waals surface area (Å²) in [5.41, 5.74) is 41.8. The van der Waals surface area contributed by atoms with Gasteiger partial charge >= 0.3 is 5.97 Å². The van der Waals surface area contributed by atoms with Gasteiger partial charge in [-0.2, -0.15) is 12.6 Å². The molecule has 2 aromatic carbocycles. The second-order valence-corrected chi connectivity index (χ2v) is 19.0. The number of benzene rings is 2. The van der Waals surface area contributed by atoms with Crippen LogP contribution in [0.1, 0.15) is 69.9 Å². The SMILES string of the molecule is CC(C)C[C@H](NC(=O)[C@H](CCCN=C(N)N)NC(=O)[C@H](CS)NC(=O)[C@H](Cc1c[nH]c2ccccc12)NC(=O)[C@H](Cc1c[nH]c2ccccc12)NC(=O)[C@H](CCCN=C(N)N)NC(=O)[C@@H](N)CCCN=C(N)N)C(=O)O. The number of aliphatic imine (C=N–C) groups is 3. The first-order valence-corrected chi connectivity index (χ1v) is 25.5. The lowest BCUT2D eigenvalue weighted by Crippen LogP contribution is -2.60. The maximum Gasteiger partial charge on any atom is 0.326 e. The maximum atomic E-state index is 14.9. The van der Waals surface area contributed by atoms with Gasteiger partial charge in [-0.1, -0.05) is 50.2 Å². The fourth-order valence-corrected chi connectivity index (χ4v) is 8.44. The monoisotopic (exact) mass is 1070 g/mol. The van der Waals surface area contributed by atoms with Gasteiger partial charge < -0.3 is 87.1 Å². The van der Waals surface area contributed by atoms with Crippen LogP contribution in [-0.2, 0) is 46.4 Å². The third-order valence-electron chi connectivity index (χ3n) is 12.1. The van der Waals surface area contributed by atoms with E-state index in [2.05, 4.69) is 69.5 Å². The highest BCUT2D eigenvalue weighted by Crippen LogP contribution is 2.22. The number of carboxylic acids is 1. The number of carbonyl (C=O) groups excluding carboxylic acids is 6. The smallest absolute Gasteiger partial charge is 0.326 e. The molecule has 76 heavy (non-hydrogen) atoms. The Morgan fingerprint density at radius 1 is 0.526 bits per heavy atom. The van der Waals surface area contributed by atoms with E-state index in [4.69, 9.17) is 40.1 Å². The molecular weight excluding hydrogens is 1000 g/mol. The summed E-state index contributed by atoms with van der Waals surface area (Å²) < 4.78 is 0. The van der Waals surface area contributed by atoms with Crippen molar-refractivity contribution in [2.45, 2.75) is 114 Å². The molecule has 4 aromatic rings. The Kier molecular flexibility index (Phi) is 24.1. The van der Waals surface area contributed by atoms with Crippen LogP contribution in [0.5, 0.6) is 0 Å². The lowest BCUT2D eigenvalue weighted by molar-refractivity contribution is -0.142. The van der Waals surface area contributed by atoms with E-state index in [-0.39, 0.29) is 101 Å². The number of carboxylic acid groups (broad SMARTS) is 1. The number of aliphatic carboxylic acids is 1. The number of H-pyrrole nitrogens is 2. The van der Waals surface area contributed by atoms with Gasteiger partial charge in [0.15, 0.2) is 17.9 Å². The number of fused-ring (bicyclic) bond motifs is 2. The van der Waals surface area contributed by atoms with Gasteiger partial charge in [0.25, 0.3) is 0 Å². The van der Waals surface area contributed by atoms with Crippen molar-refractivity contribution in [3.05, 3.63) is 72.1 Å². The van der Waals surface area contributed by atoms with Gasteiger partial charge in [-0.05, 0) is 74.1 Å². The number of amides is 6. The average molecular weight is 1080 g/mol. The van der Waals surface area contributed by atoms with E-state index in [0.717, 1.165) is 21.8 Å². The molecule has 0 spiro atoms. The summed E-state index contributed by atoms with van der Waals surface area (Å²) in [5.74, 6) is -6.82. The quantitative estimate of drug-likeness (QED) is 0.0108. The Morgan fingerprint density at radius 2 is 0.882 bits per heavy atom. The van der Waals surface area contributed by atoms with E-state index in [0.29, 0.717) is 17.5 Å². The van der Waals surface area contributed by atoms with E-state index in [1.54, 1.807) is 32.3 Å². The molecule has 2 heterocycles. The van der Waals surface area contributed by atoms with Crippen LogP contribution in [0.25, 0.3) is 21.8 Å². The van der Waals surface area contributed by atoms with E-state index in [9.17, 15) is 38.7 Å². The third kappa shape index (κ3) is 19.7. The van der Waals surface area contributed by atoms with Gasteiger partial charge in [0, 0.05) is 72.4 Å². The second-order valence-electron chi connectivity index (χ2n) is 18.6. The van der Waals surface area contributed by atoms with Crippen LogP contribution in [0.15, 0.2) is 75.9 Å². The summed E-state index contributed by atoms with van der Waals surface area (Å²) in [7, 11) is 0. The topological polar surface area (TPSA) is 463 Å². The highest BCUT2D eigenvalue weighted by atomic mass is 32.1. The van der Waals surface area contributed by atoms with Crippen molar-refractivity contribution in [3.8, 4) is 0 Å². The van der Waals surface area contributed by atoms with E-state index >= 15 is 0 Å². The fourth-order valence-electron chi connectivity index (χ4n) is 8.18. The fraction of sp³-hybridized carbons (Fsp3) is 0.469. The number of hydrogen-bond donors (Lipinski definition) is 17. The molecule has 0 saturated carbocycles. The minimum absolute atomic E-state index is 0.0200. The summed E-state index contributed by atoms with van der Waals surface area (Å²) >= 11 is 4.37. The first-order valence-electron chi connectivity index (χ1n) is 24.8. The normalized spacial score (nSPS) is 13.9. The Hall–Kier alpha value is -8.07. The zero-order valence-electron chi connectivity index (χ0n) is 42.7. The first kappa shape index (κ1) is 60.5. The zero-order valence-corrected chi connectivity index (χ0v) is 43.6. The number of hydrogen-bond acceptors (Lipinski definition) is 12. The number of guanidine groups is 3. The van der Waals surface area contributed by atoms with Gasteiger partial charge in [-0.15, -0.1) is 0 Å². The van der Waals surface area contributed by atoms with Crippen LogP contribution in [0.3, 0.4) is 0 Å². The Morgan fingerprint density at radius 3 is 1.29 bits per heavy atom. The molecule has 26 nitrogen and oxygen atoms in total. The zero-order chi connectivity index (χ0) is 55.9. The lowest BCUT2D eigenvalue weighted by Gasteiger charge is -2.27. The van der Waals surface area contributed by atoms with Crippen LogP contribution >= 0.6 is 12.6 Å². The standard InChI is InChI=1S/C49H74N18O8S/c1-26(2)20-38(46(74)75)66-42(70)35(16-9-19-59-49(55)56)63-45(73)39(25-76)67-44(72)37(22-28-24-61-33-14-6-4-11-30(28)33)65-43(71)36(21-27-23-60-32-13-5-3-10-29(27)32)64-41(69)34(15-8-18-58-48(53)54)62-40(68)31(50)12-7-17-57-47(51)52/h3-6,10-11,13-14,23-24,26,31,34-39,60-61,76H,7-9,12,15-22,25,50H2,1-2H3,(H,62,68)(H,63,73)(H,64,69)(H,65,71)(H,66,70)(H,67,72)(H,74,75)(H4,51,52,57)(H4,53,54,58)(H4,55,56,59)/t31-,34-,35-,36-,37-,38-,39-/m0/s1. The second kappa shape index (κ2) is 30.3. The van der Waals surface area contributed by atoms with Crippen molar-refractivity contribution in [2.75, 3.05) is 25.4 Å². The average Bonchev–Trinajstić information content (AvgIpc) is 3.98. The highest BCUT2D eigenvalue weighted by molar-refractivity contribution is 7.80. The van der Waals surface area contributed by atoms with Gasteiger partial charge in [0.05, 0.1) is 6.04 Å². The van der Waals surface area contributed by atoms with Crippen LogP contribution in [0.4, 0.5) is 0 Å². The Balaban J connectivity index is 1.68. The van der Waals surface area contributed by atoms with Crippen LogP contribution in [-0.4, -0.2) is 142 Å². The number of thiol groups is 1. The number of carbonyl (C=O) groups is 7. The molecule has 0 aliphatic rings. The van der Waals surface area contributed by atoms with Crippen LogP contribution in [0, 0.1) is 5.92 Å². The molecule has 414 valence electrons. The molecule has 7 atom stereocenters. The number of rotatable bonds is 32. The molecule has 0 fully saturated rings. The van der Waals surface area contributed by atoms with Gasteiger partial charge in [0.1, 0.15) is 36.3 Å². The van der Waals surface area contributed by atoms with Crippen molar-refractivity contribution >= 4 is 93.7 Å². The minimum atomic E-state index is -1.41. The number of nitrogens with one attached hydrogen (secondary N) is 8. The maximum absolute atomic E-state index is 14.9. The summed E-state index contributed by atoms with van der Waals surface area (Å²) in [6.45, 7) is 4.01. The molecule has 27 heteroatoms. The number of aromatic amines is 2. The van der Waals surface area contributed by atoms with Crippen molar-refractivity contribution in [2.24, 2.45) is 61.0 Å². The van der Waals surface area contributed by atoms with E-state index in [1.807, 2.05) is 42.5 Å². The van der Waals surface area contributed by atoms with Gasteiger partial charge in [0.2, 0.25) is 35.4 Å². The molecule has 0 radical (unpaired) electrons. The molecule has 0 saturated heterocycles. The molecule has 4 rings (SSSR count). The van der Waals surface area contributed by atoms with Gasteiger partial charge in [-0.25, -0.2) is 4.79 Å². The van der Waals surface area contributed by atoms with E-state index < -0.39 is 83.7 Å². The molecule has 0 unspecified atom stereocenters. The van der Waals surface area contributed by atoms with E-state index in [1.165, 1.54) is 0 Å². The summed E-state index contributed by atoms with van der Waals surface area (Å²) in [6.07, 6.45) is 4.23. The van der Waals surface area contributed by atoms with Crippen molar-refractivity contribution < 1.29 is 38.7 Å². The summed E-state index contributed by atoms with van der Waals surface area (Å²) in [6, 6.07) is 5.54. The van der Waals surface area contributed by atoms with Crippen molar-refractivity contribution in [1.82, 2.24) is 41.9 Å². The number of aromatic nitrogens is 2. The third-order valence-corrected chi connectivity index (χ3v) is 12.4. The predicted molar refractivity (Wildman–Crippen MR) is 294 cm³/mol. The Labute approximate surface area is 445 Å². The first-order chi connectivity index (χ1) is 36.2. The molecule has 2 aromatic heterocycles. The molecule has 0 aliphatic carbocycles. The lowest BCUT2D eigenvalue weighted by atomic mass is 10.0. The summed E-state index contributed by atoms with van der Waals surface area (Å²) in [4.78, 5) is 115. The van der Waals surface area contributed by atoms with Gasteiger partial charge in [-0.3, -0.25) is 43.7 Å². The molecule has 0 bridgehead atoms. The molecule has 23 N–H and O–H groups in total. The predicted octanol–water partition coefficient (Wildman–Crippen LogP) is -2.11. The van der Waals surface area contributed by atoms with Crippen molar-refractivity contribution in [1.29, 1.82) is 0 Å². The van der Waals surface area contributed by atoms with Crippen LogP contribution in [0.2, 0.25) is 0 Å². The number of nitrogens with two attached hydrogens (primary N) is 7. The highest BCUT2D eigenvalue weighted by Gasteiger charge is 2.34. The number of nitrogens with zero attached hydrogens (tertiary/aromatic N) is 3. The molecule has 0 aliphatic heterocycles. The number of para-hydroxylation sites is 2. The minimum Gasteiger partial charge on any atom is -0.480 e. The Bertz CT molecular complexity index is 2690. The van der Waals surface area contributed by atoms with Crippen LogP contribution < -0.4 is 72.0 Å². The largest absolute Gasteiger partial charge is 0.480 e.